The van der Waals surface area contributed by atoms with Gasteiger partial charge < -0.3 is 9.32 Å². The molecule has 0 aliphatic heterocycles. The van der Waals surface area contributed by atoms with Gasteiger partial charge in [-0.05, 0) is 109 Å². The zero-order valence-electron chi connectivity index (χ0n) is 31.7. The molecule has 2 heteroatoms. The van der Waals surface area contributed by atoms with E-state index in [1.165, 1.54) is 49.5 Å². The first-order chi connectivity index (χ1) is 28.8. The monoisotopic (exact) mass is 739 g/mol. The summed E-state index contributed by atoms with van der Waals surface area (Å²) in [5.74, 6) is 0. The molecule has 0 saturated heterocycles. The zero-order chi connectivity index (χ0) is 38.4. The second kappa shape index (κ2) is 14.1. The van der Waals surface area contributed by atoms with Gasteiger partial charge in [0.25, 0.3) is 0 Å². The highest BCUT2D eigenvalue weighted by Crippen LogP contribution is 2.45. The predicted octanol–water partition coefficient (Wildman–Crippen LogP) is 16.0. The first-order valence-electron chi connectivity index (χ1n) is 19.8. The number of furan rings is 1. The Morgan fingerprint density at radius 2 is 0.638 bits per heavy atom. The first kappa shape index (κ1) is 33.6. The third-order valence-electron chi connectivity index (χ3n) is 11.5. The molecule has 0 saturated carbocycles. The fourth-order valence-electron chi connectivity index (χ4n) is 8.65. The molecule has 0 bridgehead atoms. The van der Waals surface area contributed by atoms with Crippen molar-refractivity contribution >= 4 is 60.5 Å². The van der Waals surface area contributed by atoms with Crippen LogP contribution >= 0.6 is 0 Å². The van der Waals surface area contributed by atoms with Crippen LogP contribution in [0.2, 0.25) is 0 Å². The van der Waals surface area contributed by atoms with Crippen LogP contribution < -0.4 is 4.90 Å². The van der Waals surface area contributed by atoms with E-state index in [0.29, 0.717) is 0 Å². The summed E-state index contributed by atoms with van der Waals surface area (Å²) in [6.45, 7) is 0. The first-order valence-corrected chi connectivity index (χ1v) is 19.8. The summed E-state index contributed by atoms with van der Waals surface area (Å²) in [4.78, 5) is 2.34. The highest BCUT2D eigenvalue weighted by molar-refractivity contribution is 6.30. The van der Waals surface area contributed by atoms with Crippen LogP contribution in [0.4, 0.5) is 17.1 Å². The van der Waals surface area contributed by atoms with E-state index in [1.54, 1.807) is 0 Å². The van der Waals surface area contributed by atoms with Gasteiger partial charge in [0.2, 0.25) is 0 Å². The van der Waals surface area contributed by atoms with Crippen LogP contribution in [-0.4, -0.2) is 0 Å². The van der Waals surface area contributed by atoms with Gasteiger partial charge in [-0.15, -0.1) is 0 Å². The molecule has 10 aromatic carbocycles. The SMILES string of the molecule is c1ccc(-c2ccc(N(c3ccc(-c4ccccc4)cc3)c3ccc(-c4cc5oc6c7ccccc7c7ccccc7c6c5cc4-c4ccccc4)cc3)cc2)cc1. The summed E-state index contributed by atoms with van der Waals surface area (Å²) in [6.07, 6.45) is 0. The molecule has 2 nitrogen and oxygen atoms in total. The average Bonchev–Trinajstić information content (AvgIpc) is 3.69. The molecule has 11 aromatic rings. The maximum atomic E-state index is 6.88. The number of hydrogen-bond acceptors (Lipinski definition) is 2. The van der Waals surface area contributed by atoms with Crippen molar-refractivity contribution in [2.75, 3.05) is 4.90 Å². The summed E-state index contributed by atoms with van der Waals surface area (Å²) in [5.41, 5.74) is 14.5. The lowest BCUT2D eigenvalue weighted by Crippen LogP contribution is -2.09. The molecule has 1 heterocycles. The van der Waals surface area contributed by atoms with Gasteiger partial charge in [0.1, 0.15) is 11.2 Å². The fourth-order valence-corrected chi connectivity index (χ4v) is 8.65. The highest BCUT2D eigenvalue weighted by atomic mass is 16.3. The van der Waals surface area contributed by atoms with Crippen LogP contribution in [0.3, 0.4) is 0 Å². The molecule has 0 unspecified atom stereocenters. The number of rotatable bonds is 7. The van der Waals surface area contributed by atoms with Crippen molar-refractivity contribution < 1.29 is 4.42 Å². The summed E-state index contributed by atoms with van der Waals surface area (Å²) >= 11 is 0. The normalized spacial score (nSPS) is 11.4. The molecular formula is C56H37NO. The smallest absolute Gasteiger partial charge is 0.143 e. The number of nitrogens with zero attached hydrogens (tertiary/aromatic N) is 1. The Hall–Kier alpha value is -7.68. The maximum absolute atomic E-state index is 6.88. The molecular weight excluding hydrogens is 703 g/mol. The summed E-state index contributed by atoms with van der Waals surface area (Å²) in [5, 5.41) is 7.07. The van der Waals surface area contributed by atoms with E-state index in [9.17, 15) is 0 Å². The standard InChI is InChI=1S/C56H37NO/c1-4-14-38(15-5-1)40-24-30-44(31-25-40)57(45-32-26-41(27-33-45)39-16-6-2-7-17-39)46-34-28-43(29-35-46)52-37-54-53(36-51(52)42-18-8-3-9-19-42)55-49-22-12-10-20-47(49)48-21-11-13-23-50(48)56(55)58-54/h1-37H. The van der Waals surface area contributed by atoms with Crippen LogP contribution in [-0.2, 0) is 0 Å². The maximum Gasteiger partial charge on any atom is 0.143 e. The quantitative estimate of drug-likeness (QED) is 0.151. The lowest BCUT2D eigenvalue weighted by Gasteiger charge is -2.26. The fraction of sp³-hybridized carbons (Fsp3) is 0. The van der Waals surface area contributed by atoms with Crippen molar-refractivity contribution in [3.8, 4) is 44.5 Å². The van der Waals surface area contributed by atoms with Crippen molar-refractivity contribution in [3.63, 3.8) is 0 Å². The van der Waals surface area contributed by atoms with Gasteiger partial charge in [-0.3, -0.25) is 0 Å². The van der Waals surface area contributed by atoms with Crippen LogP contribution in [0.1, 0.15) is 0 Å². The van der Waals surface area contributed by atoms with Crippen molar-refractivity contribution in [2.24, 2.45) is 0 Å². The minimum Gasteiger partial charge on any atom is -0.455 e. The van der Waals surface area contributed by atoms with E-state index in [-0.39, 0.29) is 0 Å². The van der Waals surface area contributed by atoms with Crippen molar-refractivity contribution in [2.45, 2.75) is 0 Å². The molecule has 0 radical (unpaired) electrons. The van der Waals surface area contributed by atoms with E-state index in [0.717, 1.165) is 55.5 Å². The van der Waals surface area contributed by atoms with Gasteiger partial charge in [-0.2, -0.15) is 0 Å². The Balaban J connectivity index is 1.06. The minimum absolute atomic E-state index is 0.883. The summed E-state index contributed by atoms with van der Waals surface area (Å²) in [7, 11) is 0. The lowest BCUT2D eigenvalue weighted by molar-refractivity contribution is 0.673. The average molecular weight is 740 g/mol. The Kier molecular flexibility index (Phi) is 8.19. The Bertz CT molecular complexity index is 3140. The van der Waals surface area contributed by atoms with Crippen molar-refractivity contribution in [1.29, 1.82) is 0 Å². The van der Waals surface area contributed by atoms with Gasteiger partial charge in [-0.1, -0.05) is 176 Å². The molecule has 58 heavy (non-hydrogen) atoms. The van der Waals surface area contributed by atoms with Crippen molar-refractivity contribution in [3.05, 3.63) is 224 Å². The van der Waals surface area contributed by atoms with Gasteiger partial charge in [0.15, 0.2) is 0 Å². The van der Waals surface area contributed by atoms with Crippen LogP contribution in [0.5, 0.6) is 0 Å². The number of fused-ring (bicyclic) bond motifs is 8. The molecule has 0 amide bonds. The summed E-state index contributed by atoms with van der Waals surface area (Å²) in [6, 6.07) is 80.4. The third kappa shape index (κ3) is 5.82. The van der Waals surface area contributed by atoms with Gasteiger partial charge in [0.05, 0.1) is 0 Å². The number of anilines is 3. The van der Waals surface area contributed by atoms with Crippen LogP contribution in [0.25, 0.3) is 88.0 Å². The van der Waals surface area contributed by atoms with E-state index < -0.39 is 0 Å². The third-order valence-corrected chi connectivity index (χ3v) is 11.5. The lowest BCUT2D eigenvalue weighted by atomic mass is 9.91. The Morgan fingerprint density at radius 3 is 1.16 bits per heavy atom. The van der Waals surface area contributed by atoms with Gasteiger partial charge in [-0.25, -0.2) is 0 Å². The summed E-state index contributed by atoms with van der Waals surface area (Å²) < 4.78 is 6.88. The second-order valence-electron chi connectivity index (χ2n) is 14.9. The molecule has 0 aliphatic carbocycles. The molecule has 0 spiro atoms. The van der Waals surface area contributed by atoms with E-state index in [1.807, 2.05) is 0 Å². The number of hydrogen-bond donors (Lipinski definition) is 0. The predicted molar refractivity (Wildman–Crippen MR) is 245 cm³/mol. The van der Waals surface area contributed by atoms with Gasteiger partial charge >= 0.3 is 0 Å². The molecule has 0 atom stereocenters. The van der Waals surface area contributed by atoms with Gasteiger partial charge in [0, 0.05) is 33.2 Å². The second-order valence-corrected chi connectivity index (χ2v) is 14.9. The Labute approximate surface area is 337 Å². The van der Waals surface area contributed by atoms with E-state index in [2.05, 4.69) is 229 Å². The van der Waals surface area contributed by atoms with Crippen LogP contribution in [0, 0.1) is 0 Å². The molecule has 272 valence electrons. The van der Waals surface area contributed by atoms with E-state index in [4.69, 9.17) is 4.42 Å². The zero-order valence-corrected chi connectivity index (χ0v) is 31.7. The largest absolute Gasteiger partial charge is 0.455 e. The van der Waals surface area contributed by atoms with Crippen molar-refractivity contribution in [1.82, 2.24) is 0 Å². The Morgan fingerprint density at radius 1 is 0.276 bits per heavy atom. The number of benzene rings is 10. The molecule has 11 rings (SSSR count). The molecule has 1 aromatic heterocycles. The molecule has 0 N–H and O–H groups in total. The van der Waals surface area contributed by atoms with Crippen LogP contribution in [0.15, 0.2) is 229 Å². The topological polar surface area (TPSA) is 16.4 Å². The highest BCUT2D eigenvalue weighted by Gasteiger charge is 2.20. The van der Waals surface area contributed by atoms with E-state index >= 15 is 0 Å². The molecule has 0 fully saturated rings. The molecule has 0 aliphatic rings. The minimum atomic E-state index is 0.883.